The van der Waals surface area contributed by atoms with Gasteiger partial charge in [-0.25, -0.2) is 0 Å². The minimum atomic E-state index is 0.568. The van der Waals surface area contributed by atoms with Crippen molar-refractivity contribution in [3.63, 3.8) is 0 Å². The average molecular weight is 256 g/mol. The first-order valence-electron chi connectivity index (χ1n) is 6.53. The zero-order valence-corrected chi connectivity index (χ0v) is 11.5. The van der Waals surface area contributed by atoms with Crippen molar-refractivity contribution in [1.29, 1.82) is 0 Å². The highest BCUT2D eigenvalue weighted by molar-refractivity contribution is 5.30. The maximum absolute atomic E-state index is 5.73. The molecule has 0 aliphatic heterocycles. The van der Waals surface area contributed by atoms with E-state index < -0.39 is 0 Å². The number of hydrogen-bond acceptors (Lipinski definition) is 3. The number of pyridine rings is 1. The lowest BCUT2D eigenvalue weighted by atomic mass is 10.1. The van der Waals surface area contributed by atoms with Crippen LogP contribution in [0.5, 0.6) is 5.75 Å². The average Bonchev–Trinajstić information content (AvgIpc) is 2.42. The van der Waals surface area contributed by atoms with Crippen LogP contribution in [0.3, 0.4) is 0 Å². The Labute approximate surface area is 114 Å². The van der Waals surface area contributed by atoms with Crippen LogP contribution < -0.4 is 10.5 Å². The maximum atomic E-state index is 5.73. The molecule has 0 aliphatic carbocycles. The first-order chi connectivity index (χ1) is 9.19. The lowest BCUT2D eigenvalue weighted by molar-refractivity contribution is 0.304. The van der Waals surface area contributed by atoms with E-state index in [1.165, 1.54) is 16.7 Å². The SMILES string of the molecule is Cc1ccc(COc2ccc(CCN)nc2)cc1C. The van der Waals surface area contributed by atoms with Crippen LogP contribution in [0, 0.1) is 13.8 Å². The molecule has 0 atom stereocenters. The van der Waals surface area contributed by atoms with E-state index in [0.717, 1.165) is 17.9 Å². The number of ether oxygens (including phenoxy) is 1. The summed E-state index contributed by atoms with van der Waals surface area (Å²) in [6, 6.07) is 10.3. The topological polar surface area (TPSA) is 48.1 Å². The fourth-order valence-electron chi connectivity index (χ4n) is 1.85. The van der Waals surface area contributed by atoms with Gasteiger partial charge in [0.05, 0.1) is 6.20 Å². The summed E-state index contributed by atoms with van der Waals surface area (Å²) in [6.07, 6.45) is 2.56. The molecule has 2 N–H and O–H groups in total. The van der Waals surface area contributed by atoms with Crippen LogP contribution in [-0.4, -0.2) is 11.5 Å². The number of aryl methyl sites for hydroxylation is 2. The van der Waals surface area contributed by atoms with Crippen molar-refractivity contribution in [3.8, 4) is 5.75 Å². The van der Waals surface area contributed by atoms with Gasteiger partial charge in [0.25, 0.3) is 0 Å². The molecule has 2 rings (SSSR count). The Kier molecular flexibility index (Phi) is 4.53. The van der Waals surface area contributed by atoms with E-state index in [-0.39, 0.29) is 0 Å². The summed E-state index contributed by atoms with van der Waals surface area (Å²) in [6.45, 7) is 5.41. The Balaban J connectivity index is 1.96. The standard InChI is InChI=1S/C16H20N2O/c1-12-3-4-14(9-13(12)2)11-19-16-6-5-15(7-8-17)18-10-16/h3-6,9-10H,7-8,11,17H2,1-2H3. The molecule has 0 spiro atoms. The highest BCUT2D eigenvalue weighted by Gasteiger charge is 1.99. The molecular weight excluding hydrogens is 236 g/mol. The zero-order valence-electron chi connectivity index (χ0n) is 11.5. The van der Waals surface area contributed by atoms with Gasteiger partial charge in [-0.2, -0.15) is 0 Å². The monoisotopic (exact) mass is 256 g/mol. The first kappa shape index (κ1) is 13.6. The molecule has 0 radical (unpaired) electrons. The number of rotatable bonds is 5. The molecule has 100 valence electrons. The van der Waals surface area contributed by atoms with E-state index in [4.69, 9.17) is 10.5 Å². The van der Waals surface area contributed by atoms with Crippen molar-refractivity contribution < 1.29 is 4.74 Å². The van der Waals surface area contributed by atoms with Gasteiger partial charge in [-0.15, -0.1) is 0 Å². The highest BCUT2D eigenvalue weighted by Crippen LogP contribution is 2.14. The summed E-state index contributed by atoms with van der Waals surface area (Å²) in [5.41, 5.74) is 10.3. The van der Waals surface area contributed by atoms with Crippen LogP contribution >= 0.6 is 0 Å². The van der Waals surface area contributed by atoms with Gasteiger partial charge >= 0.3 is 0 Å². The highest BCUT2D eigenvalue weighted by atomic mass is 16.5. The fraction of sp³-hybridized carbons (Fsp3) is 0.312. The molecule has 0 aliphatic rings. The largest absolute Gasteiger partial charge is 0.487 e. The number of nitrogens with two attached hydrogens (primary N) is 1. The van der Waals surface area contributed by atoms with Crippen LogP contribution in [0.25, 0.3) is 0 Å². The van der Waals surface area contributed by atoms with Crippen LogP contribution in [0.2, 0.25) is 0 Å². The molecule has 0 saturated heterocycles. The van der Waals surface area contributed by atoms with Crippen LogP contribution in [0.4, 0.5) is 0 Å². The predicted molar refractivity (Wildman–Crippen MR) is 77.2 cm³/mol. The molecule has 1 aromatic heterocycles. The molecule has 3 nitrogen and oxygen atoms in total. The van der Waals surface area contributed by atoms with Crippen LogP contribution in [0.1, 0.15) is 22.4 Å². The van der Waals surface area contributed by atoms with E-state index in [1.54, 1.807) is 6.20 Å². The smallest absolute Gasteiger partial charge is 0.138 e. The number of benzene rings is 1. The lowest BCUT2D eigenvalue weighted by Gasteiger charge is -2.08. The summed E-state index contributed by atoms with van der Waals surface area (Å²) >= 11 is 0. The second-order valence-electron chi connectivity index (χ2n) is 4.73. The Bertz CT molecular complexity index is 535. The molecular formula is C16H20N2O. The molecule has 0 saturated carbocycles. The van der Waals surface area contributed by atoms with Crippen molar-refractivity contribution in [2.75, 3.05) is 6.54 Å². The second-order valence-corrected chi connectivity index (χ2v) is 4.73. The zero-order chi connectivity index (χ0) is 13.7. The summed E-state index contributed by atoms with van der Waals surface area (Å²) in [5.74, 6) is 0.791. The van der Waals surface area contributed by atoms with E-state index in [0.29, 0.717) is 13.2 Å². The number of aromatic nitrogens is 1. The van der Waals surface area contributed by atoms with Gasteiger partial charge in [-0.1, -0.05) is 18.2 Å². The van der Waals surface area contributed by atoms with Gasteiger partial charge in [0.2, 0.25) is 0 Å². The molecule has 1 aromatic carbocycles. The molecule has 0 bridgehead atoms. The summed E-state index contributed by atoms with van der Waals surface area (Å²) in [4.78, 5) is 4.31. The van der Waals surface area contributed by atoms with E-state index >= 15 is 0 Å². The lowest BCUT2D eigenvalue weighted by Crippen LogP contribution is -2.04. The fourth-order valence-corrected chi connectivity index (χ4v) is 1.85. The third-order valence-electron chi connectivity index (χ3n) is 3.17. The molecule has 3 heteroatoms. The number of hydrogen-bond donors (Lipinski definition) is 1. The molecule has 1 heterocycles. The van der Waals surface area contributed by atoms with Gasteiger partial charge in [-0.3, -0.25) is 4.98 Å². The minimum absolute atomic E-state index is 0.568. The summed E-state index contributed by atoms with van der Waals surface area (Å²) in [7, 11) is 0. The van der Waals surface area contributed by atoms with Crippen LogP contribution in [0.15, 0.2) is 36.5 Å². The van der Waals surface area contributed by atoms with Gasteiger partial charge < -0.3 is 10.5 Å². The second kappa shape index (κ2) is 6.34. The molecule has 0 fully saturated rings. The van der Waals surface area contributed by atoms with Crippen molar-refractivity contribution in [2.24, 2.45) is 5.73 Å². The van der Waals surface area contributed by atoms with Crippen molar-refractivity contribution in [1.82, 2.24) is 4.98 Å². The molecule has 2 aromatic rings. The molecule has 19 heavy (non-hydrogen) atoms. The predicted octanol–water partition coefficient (Wildman–Crippen LogP) is 2.78. The van der Waals surface area contributed by atoms with Gasteiger partial charge in [0.15, 0.2) is 0 Å². The van der Waals surface area contributed by atoms with Crippen molar-refractivity contribution in [3.05, 3.63) is 58.9 Å². The van der Waals surface area contributed by atoms with Crippen molar-refractivity contribution in [2.45, 2.75) is 26.9 Å². The molecule has 0 unspecified atom stereocenters. The van der Waals surface area contributed by atoms with Gasteiger partial charge in [0, 0.05) is 12.1 Å². The van der Waals surface area contributed by atoms with Gasteiger partial charge in [-0.05, 0) is 49.2 Å². The Hall–Kier alpha value is -1.87. The minimum Gasteiger partial charge on any atom is -0.487 e. The third kappa shape index (κ3) is 3.80. The van der Waals surface area contributed by atoms with Gasteiger partial charge in [0.1, 0.15) is 12.4 Å². The normalized spacial score (nSPS) is 10.5. The van der Waals surface area contributed by atoms with Crippen molar-refractivity contribution >= 4 is 0 Å². The quantitative estimate of drug-likeness (QED) is 0.895. The third-order valence-corrected chi connectivity index (χ3v) is 3.17. The van der Waals surface area contributed by atoms with E-state index in [2.05, 4.69) is 37.0 Å². The Morgan fingerprint density at radius 1 is 1.11 bits per heavy atom. The Morgan fingerprint density at radius 3 is 2.58 bits per heavy atom. The Morgan fingerprint density at radius 2 is 1.95 bits per heavy atom. The summed E-state index contributed by atoms with van der Waals surface area (Å²) in [5, 5.41) is 0. The summed E-state index contributed by atoms with van der Waals surface area (Å²) < 4.78 is 5.73. The van der Waals surface area contributed by atoms with Crippen LogP contribution in [-0.2, 0) is 13.0 Å². The van der Waals surface area contributed by atoms with E-state index in [1.807, 2.05) is 12.1 Å². The first-order valence-corrected chi connectivity index (χ1v) is 6.53. The maximum Gasteiger partial charge on any atom is 0.138 e. The number of nitrogens with zero attached hydrogens (tertiary/aromatic N) is 1. The molecule has 0 amide bonds. The van der Waals surface area contributed by atoms with E-state index in [9.17, 15) is 0 Å².